The molecule has 0 aliphatic heterocycles. The molecule has 1 aliphatic carbocycles. The van der Waals surface area contributed by atoms with Crippen LogP contribution in [-0.4, -0.2) is 61.0 Å². The summed E-state index contributed by atoms with van der Waals surface area (Å²) in [4.78, 5) is 46.1. The van der Waals surface area contributed by atoms with Crippen molar-refractivity contribution in [3.8, 4) is 5.75 Å². The number of methoxy groups -OCH3 is 1. The zero-order valence-corrected chi connectivity index (χ0v) is 23.0. The Bertz CT molecular complexity index is 1600. The summed E-state index contributed by atoms with van der Waals surface area (Å²) in [7, 11) is 1.46. The SMILES string of the molecule is CCn1nc(C)cc1C(=O)Nc1nc2cc(C(N)=O)cc(OC)c2n1CCCNC(=O)OCc1noc(C2CC2)n1. The van der Waals surface area contributed by atoms with Crippen LogP contribution in [0.3, 0.4) is 0 Å². The number of hydrogen-bond donors (Lipinski definition) is 3. The Kier molecular flexibility index (Phi) is 7.85. The highest BCUT2D eigenvalue weighted by Gasteiger charge is 2.29. The molecule has 4 N–H and O–H groups in total. The molecule has 0 radical (unpaired) electrons. The standard InChI is InChI=1S/C26H31N9O6/c1-4-35-18(10-14(2)32-35)23(37)31-25-29-17-11-16(22(27)36)12-19(39-3)21(17)34(25)9-5-8-28-26(38)40-13-20-30-24(41-33-20)15-6-7-15/h10-12,15H,4-9,13H2,1-3H3,(H2,27,36)(H,28,38)(H,29,31,37). The van der Waals surface area contributed by atoms with Gasteiger partial charge in [0.1, 0.15) is 17.0 Å². The maximum absolute atomic E-state index is 13.2. The van der Waals surface area contributed by atoms with Crippen molar-refractivity contribution in [3.05, 3.63) is 46.9 Å². The summed E-state index contributed by atoms with van der Waals surface area (Å²) in [6.45, 7) is 4.70. The smallest absolute Gasteiger partial charge is 0.407 e. The Balaban J connectivity index is 1.29. The molecule has 0 unspecified atom stereocenters. The van der Waals surface area contributed by atoms with Gasteiger partial charge < -0.3 is 29.6 Å². The second kappa shape index (κ2) is 11.7. The number of aromatic nitrogens is 6. The number of ether oxygens (including phenoxy) is 2. The van der Waals surface area contributed by atoms with Gasteiger partial charge in [0.25, 0.3) is 5.91 Å². The van der Waals surface area contributed by atoms with Crippen LogP contribution in [0.2, 0.25) is 0 Å². The van der Waals surface area contributed by atoms with Crippen LogP contribution in [0.4, 0.5) is 10.7 Å². The molecule has 0 atom stereocenters. The number of nitrogens with zero attached hydrogens (tertiary/aromatic N) is 6. The highest BCUT2D eigenvalue weighted by molar-refractivity contribution is 6.04. The van der Waals surface area contributed by atoms with Crippen LogP contribution in [0.25, 0.3) is 11.0 Å². The van der Waals surface area contributed by atoms with E-state index in [2.05, 4.69) is 30.9 Å². The van der Waals surface area contributed by atoms with Crippen molar-refractivity contribution in [3.63, 3.8) is 0 Å². The lowest BCUT2D eigenvalue weighted by Crippen LogP contribution is -2.26. The molecule has 0 saturated heterocycles. The molecule has 0 spiro atoms. The van der Waals surface area contributed by atoms with Gasteiger partial charge >= 0.3 is 6.09 Å². The number of hydrogen-bond acceptors (Lipinski definition) is 10. The first kappa shape index (κ1) is 27.6. The number of carbonyl (C=O) groups is 3. The molecular formula is C26H31N9O6. The molecular weight excluding hydrogens is 534 g/mol. The van der Waals surface area contributed by atoms with Gasteiger partial charge in [0.05, 0.1) is 18.3 Å². The lowest BCUT2D eigenvalue weighted by molar-refractivity contribution is 0.0995. The summed E-state index contributed by atoms with van der Waals surface area (Å²) < 4.78 is 19.2. The van der Waals surface area contributed by atoms with Gasteiger partial charge in [-0.3, -0.25) is 19.6 Å². The number of aryl methyl sites for hydroxylation is 3. The van der Waals surface area contributed by atoms with Crippen molar-refractivity contribution in [2.75, 3.05) is 19.0 Å². The normalized spacial score (nSPS) is 12.9. The number of nitrogens with one attached hydrogen (secondary N) is 2. The molecule has 1 aliphatic rings. The van der Waals surface area contributed by atoms with E-state index in [9.17, 15) is 14.4 Å². The van der Waals surface area contributed by atoms with E-state index in [0.717, 1.165) is 12.8 Å². The predicted octanol–water partition coefficient (Wildman–Crippen LogP) is 2.50. The molecule has 15 heteroatoms. The summed E-state index contributed by atoms with van der Waals surface area (Å²) in [5.41, 5.74) is 7.76. The molecule has 1 aromatic carbocycles. The largest absolute Gasteiger partial charge is 0.494 e. The highest BCUT2D eigenvalue weighted by atomic mass is 16.6. The Labute approximate surface area is 234 Å². The van der Waals surface area contributed by atoms with Crippen molar-refractivity contribution in [1.82, 2.24) is 34.8 Å². The summed E-state index contributed by atoms with van der Waals surface area (Å²) in [6, 6.07) is 4.75. The fourth-order valence-corrected chi connectivity index (χ4v) is 4.41. The van der Waals surface area contributed by atoms with Crippen molar-refractivity contribution >= 4 is 34.9 Å². The Morgan fingerprint density at radius 2 is 2.00 bits per heavy atom. The van der Waals surface area contributed by atoms with Crippen LogP contribution < -0.4 is 21.1 Å². The molecule has 3 heterocycles. The van der Waals surface area contributed by atoms with Crippen LogP contribution in [0.15, 0.2) is 22.7 Å². The van der Waals surface area contributed by atoms with Gasteiger partial charge in [0.2, 0.25) is 23.6 Å². The Morgan fingerprint density at radius 1 is 1.20 bits per heavy atom. The van der Waals surface area contributed by atoms with E-state index in [0.29, 0.717) is 65.3 Å². The number of benzene rings is 1. The van der Waals surface area contributed by atoms with Gasteiger partial charge in [-0.05, 0) is 51.3 Å². The van der Waals surface area contributed by atoms with E-state index in [4.69, 9.17) is 19.7 Å². The van der Waals surface area contributed by atoms with E-state index in [1.54, 1.807) is 22.2 Å². The van der Waals surface area contributed by atoms with Crippen molar-refractivity contribution < 1.29 is 28.4 Å². The summed E-state index contributed by atoms with van der Waals surface area (Å²) in [5.74, 6) is 0.764. The topological polar surface area (TPSA) is 194 Å². The maximum atomic E-state index is 13.2. The second-order valence-electron chi connectivity index (χ2n) is 9.62. The molecule has 3 amide bonds. The number of anilines is 1. The first-order valence-corrected chi connectivity index (χ1v) is 13.2. The van der Waals surface area contributed by atoms with Crippen molar-refractivity contribution in [2.45, 2.75) is 58.7 Å². The predicted molar refractivity (Wildman–Crippen MR) is 144 cm³/mol. The third-order valence-corrected chi connectivity index (χ3v) is 6.54. The average Bonchev–Trinajstić information content (AvgIpc) is 3.41. The zero-order chi connectivity index (χ0) is 29.1. The van der Waals surface area contributed by atoms with E-state index < -0.39 is 17.9 Å². The number of carbonyl (C=O) groups excluding carboxylic acids is 3. The molecule has 0 bridgehead atoms. The summed E-state index contributed by atoms with van der Waals surface area (Å²) in [6.07, 6.45) is 1.88. The molecule has 5 rings (SSSR count). The van der Waals surface area contributed by atoms with Gasteiger partial charge in [-0.25, -0.2) is 9.78 Å². The third kappa shape index (κ3) is 6.13. The molecule has 1 saturated carbocycles. The van der Waals surface area contributed by atoms with Gasteiger partial charge in [-0.2, -0.15) is 10.1 Å². The van der Waals surface area contributed by atoms with Gasteiger partial charge in [0, 0.05) is 31.1 Å². The van der Waals surface area contributed by atoms with E-state index >= 15 is 0 Å². The first-order valence-electron chi connectivity index (χ1n) is 13.2. The molecule has 1 fully saturated rings. The lowest BCUT2D eigenvalue weighted by Gasteiger charge is -2.13. The molecule has 41 heavy (non-hydrogen) atoms. The molecule has 4 aromatic rings. The first-order chi connectivity index (χ1) is 19.8. The fourth-order valence-electron chi connectivity index (χ4n) is 4.41. The van der Waals surface area contributed by atoms with Gasteiger partial charge in [-0.1, -0.05) is 5.16 Å². The number of nitrogens with two attached hydrogens (primary N) is 1. The summed E-state index contributed by atoms with van der Waals surface area (Å²) in [5, 5.41) is 13.7. The van der Waals surface area contributed by atoms with Crippen molar-refractivity contribution in [1.29, 1.82) is 0 Å². The minimum absolute atomic E-state index is 0.0996. The fraction of sp³-hybridized carbons (Fsp3) is 0.423. The Hall–Kier alpha value is -4.95. The van der Waals surface area contributed by atoms with Gasteiger partial charge in [-0.15, -0.1) is 0 Å². The van der Waals surface area contributed by atoms with Crippen LogP contribution in [-0.2, 0) is 24.4 Å². The number of primary amides is 1. The maximum Gasteiger partial charge on any atom is 0.407 e. The number of fused-ring (bicyclic) bond motifs is 1. The number of rotatable bonds is 12. The zero-order valence-electron chi connectivity index (χ0n) is 23.0. The minimum Gasteiger partial charge on any atom is -0.494 e. The van der Waals surface area contributed by atoms with Crippen LogP contribution in [0, 0.1) is 6.92 Å². The van der Waals surface area contributed by atoms with E-state index in [-0.39, 0.29) is 24.7 Å². The van der Waals surface area contributed by atoms with Crippen LogP contribution in [0.5, 0.6) is 5.75 Å². The van der Waals surface area contributed by atoms with Crippen molar-refractivity contribution in [2.24, 2.45) is 5.73 Å². The summed E-state index contributed by atoms with van der Waals surface area (Å²) >= 11 is 0. The highest BCUT2D eigenvalue weighted by Crippen LogP contribution is 2.38. The molecule has 15 nitrogen and oxygen atoms in total. The third-order valence-electron chi connectivity index (χ3n) is 6.54. The molecule has 216 valence electrons. The lowest BCUT2D eigenvalue weighted by atomic mass is 10.1. The molecule has 3 aromatic heterocycles. The monoisotopic (exact) mass is 565 g/mol. The number of alkyl carbamates (subject to hydrolysis) is 1. The average molecular weight is 566 g/mol. The number of imidazole rings is 1. The number of amides is 3. The quantitative estimate of drug-likeness (QED) is 0.215. The second-order valence-corrected chi connectivity index (χ2v) is 9.62. The van der Waals surface area contributed by atoms with Gasteiger partial charge in [0.15, 0.2) is 6.61 Å². The van der Waals surface area contributed by atoms with E-state index in [1.807, 2.05) is 6.92 Å². The van der Waals surface area contributed by atoms with Crippen LogP contribution >= 0.6 is 0 Å². The minimum atomic E-state index is -0.639. The Morgan fingerprint density at radius 3 is 2.71 bits per heavy atom. The van der Waals surface area contributed by atoms with E-state index in [1.165, 1.54) is 19.2 Å². The van der Waals surface area contributed by atoms with Crippen LogP contribution in [0.1, 0.15) is 70.4 Å².